The van der Waals surface area contributed by atoms with Crippen molar-refractivity contribution in [1.29, 1.82) is 0 Å². The molecule has 1 N–H and O–H groups in total. The molecule has 14 rings (SSSR count). The average Bonchev–Trinajstić information content (AvgIpc) is 4.04. The van der Waals surface area contributed by atoms with E-state index in [4.69, 9.17) is 4.42 Å². The molecule has 0 amide bonds. The number of anilines is 2. The predicted octanol–water partition coefficient (Wildman–Crippen LogP) is 16.4. The summed E-state index contributed by atoms with van der Waals surface area (Å²) in [7, 11) is 2.53. The second-order valence-corrected chi connectivity index (χ2v) is 24.1. The summed E-state index contributed by atoms with van der Waals surface area (Å²) >= 11 is 1.90. The number of nitrogens with one attached hydrogen (secondary N) is 1. The lowest BCUT2D eigenvalue weighted by Crippen LogP contribution is -2.37. The molecule has 3 aliphatic rings. The number of rotatable bonds is 3. The molecule has 8 aromatic carbocycles. The molecule has 2 aliphatic carbocycles. The van der Waals surface area contributed by atoms with E-state index in [2.05, 4.69) is 213 Å². The first kappa shape index (κ1) is 40.5. The van der Waals surface area contributed by atoms with Crippen LogP contribution in [-0.4, -0.2) is 11.8 Å². The number of hydrogen-bond donors (Lipinski definition) is 1. The molecule has 0 spiro atoms. The van der Waals surface area contributed by atoms with Crippen molar-refractivity contribution in [3.05, 3.63) is 161 Å². The van der Waals surface area contributed by atoms with Crippen LogP contribution in [-0.2, 0) is 21.7 Å². The van der Waals surface area contributed by atoms with E-state index in [0.717, 1.165) is 46.2 Å². The molecule has 3 nitrogen and oxygen atoms in total. The Morgan fingerprint density at radius 3 is 2.09 bits per heavy atom. The van der Waals surface area contributed by atoms with Crippen molar-refractivity contribution >= 4 is 105 Å². The second-order valence-electron chi connectivity index (χ2n) is 23.0. The number of nitrogens with zero attached hydrogens (tertiary/aromatic N) is 1. The van der Waals surface area contributed by atoms with Gasteiger partial charge in [-0.15, -0.1) is 11.3 Å². The minimum atomic E-state index is -0.181. The highest BCUT2D eigenvalue weighted by atomic mass is 32.1. The maximum absolute atomic E-state index is 7.35. The second kappa shape index (κ2) is 13.4. The molecule has 1 aliphatic heterocycles. The molecule has 4 heterocycles. The van der Waals surface area contributed by atoms with Crippen molar-refractivity contribution < 1.29 is 4.42 Å². The number of fused-ring (bicyclic) bond motifs is 16. The van der Waals surface area contributed by atoms with E-state index in [1.807, 2.05) is 11.3 Å². The highest BCUT2D eigenvalue weighted by molar-refractivity contribution is 7.25. The predicted molar refractivity (Wildman–Crippen MR) is 293 cm³/mol. The summed E-state index contributed by atoms with van der Waals surface area (Å²) in [5, 5.41) is 11.5. The summed E-state index contributed by atoms with van der Waals surface area (Å²) in [5.41, 5.74) is 22.1. The number of furan rings is 1. The highest BCUT2D eigenvalue weighted by Crippen LogP contribution is 2.55. The Kier molecular flexibility index (Phi) is 7.96. The van der Waals surface area contributed by atoms with Crippen LogP contribution >= 0.6 is 11.3 Å². The number of benzene rings is 8. The Morgan fingerprint density at radius 1 is 0.603 bits per heavy atom. The van der Waals surface area contributed by atoms with E-state index < -0.39 is 0 Å². The van der Waals surface area contributed by atoms with Gasteiger partial charge in [0, 0.05) is 59.0 Å². The molecule has 3 aromatic heterocycles. The Bertz CT molecular complexity index is 4030. The molecule has 1 radical (unpaired) electrons. The van der Waals surface area contributed by atoms with Gasteiger partial charge in [-0.05, 0) is 139 Å². The van der Waals surface area contributed by atoms with E-state index in [1.54, 1.807) is 0 Å². The van der Waals surface area contributed by atoms with E-state index >= 15 is 0 Å². The maximum atomic E-state index is 7.35. The normalized spacial score (nSPS) is 16.4. The average molecular weight is 898 g/mol. The fourth-order valence-electron chi connectivity index (χ4n) is 12.7. The Hall–Kier alpha value is -6.56. The molecule has 0 saturated carbocycles. The van der Waals surface area contributed by atoms with E-state index in [1.165, 1.54) is 109 Å². The van der Waals surface area contributed by atoms with Gasteiger partial charge in [0.1, 0.15) is 11.2 Å². The summed E-state index contributed by atoms with van der Waals surface area (Å²) in [5.74, 6) is 0. The molecule has 5 heteroatoms. The van der Waals surface area contributed by atoms with Gasteiger partial charge in [-0.25, -0.2) is 0 Å². The van der Waals surface area contributed by atoms with Crippen LogP contribution in [0.4, 0.5) is 11.4 Å². The maximum Gasteiger partial charge on any atom is 0.197 e. The van der Waals surface area contributed by atoms with Gasteiger partial charge >= 0.3 is 0 Å². The topological polar surface area (TPSA) is 30.1 Å². The van der Waals surface area contributed by atoms with Crippen molar-refractivity contribution in [2.24, 2.45) is 0 Å². The molecule has 331 valence electrons. The van der Waals surface area contributed by atoms with Gasteiger partial charge in [0.2, 0.25) is 0 Å². The third-order valence-electron chi connectivity index (χ3n) is 16.6. The first-order valence-corrected chi connectivity index (χ1v) is 25.4. The van der Waals surface area contributed by atoms with Crippen LogP contribution in [0.2, 0.25) is 0 Å². The first-order valence-electron chi connectivity index (χ1n) is 24.5. The SMILES string of the molecule is CC(C)(C)c1ccc(Nc2cc3c(cc2-c2c4c5c(c6cc7c(cc6n5-c5cc6sc8ccccc8c6cc5[B]4)C(C)(C)CCC7(C)C)c4oc5ccccc5c24)-c2ccccc2C3(C)C)cc1. The Balaban J connectivity index is 1.17. The van der Waals surface area contributed by atoms with Crippen LogP contribution in [0.1, 0.15) is 103 Å². The molecular weight excluding hydrogens is 844 g/mol. The molecule has 68 heavy (non-hydrogen) atoms. The minimum Gasteiger partial charge on any atom is -0.455 e. The zero-order chi connectivity index (χ0) is 46.4. The molecule has 0 atom stereocenters. The number of hydrogen-bond acceptors (Lipinski definition) is 3. The Labute approximate surface area is 403 Å². The number of para-hydroxylation sites is 1. The van der Waals surface area contributed by atoms with Crippen molar-refractivity contribution in [1.82, 2.24) is 4.57 Å². The van der Waals surface area contributed by atoms with Gasteiger partial charge in [0.15, 0.2) is 7.28 Å². The van der Waals surface area contributed by atoms with Crippen molar-refractivity contribution in [3.8, 4) is 27.9 Å². The summed E-state index contributed by atoms with van der Waals surface area (Å²) in [6.45, 7) is 21.4. The van der Waals surface area contributed by atoms with Crippen molar-refractivity contribution in [2.75, 3.05) is 5.32 Å². The monoisotopic (exact) mass is 897 g/mol. The number of thiophene rings is 1. The standard InChI is InChI=1S/C63H54BN2OS/c1-60(2,3)34-22-24-35(25-23-34)65-48-31-44-39(36-16-10-13-19-43(36)63(44,8)9)28-41(48)54-55-38-18-11-14-20-51(38)67-59(55)56-42-29-45-46(62(6,7)27-26-61(45,4)5)32-49(42)66-50-33-53-40(30-47(50)64-57(54)58(56)66)37-17-12-15-21-52(37)68-53/h10-25,28-33,65H,26-27H2,1-9H3. The lowest BCUT2D eigenvalue weighted by molar-refractivity contribution is 0.332. The van der Waals surface area contributed by atoms with Gasteiger partial charge < -0.3 is 14.3 Å². The van der Waals surface area contributed by atoms with Crippen molar-refractivity contribution in [3.63, 3.8) is 0 Å². The van der Waals surface area contributed by atoms with Crippen LogP contribution < -0.4 is 16.2 Å². The molecule has 11 aromatic rings. The molecule has 0 fully saturated rings. The third-order valence-corrected chi connectivity index (χ3v) is 17.8. The van der Waals surface area contributed by atoms with Crippen LogP contribution in [0, 0.1) is 0 Å². The van der Waals surface area contributed by atoms with E-state index in [-0.39, 0.29) is 21.7 Å². The minimum absolute atomic E-state index is 0.0385. The lowest BCUT2D eigenvalue weighted by atomic mass is 9.58. The smallest absolute Gasteiger partial charge is 0.197 e. The summed E-state index contributed by atoms with van der Waals surface area (Å²) in [4.78, 5) is 0. The van der Waals surface area contributed by atoms with E-state index in [0.29, 0.717) is 0 Å². The van der Waals surface area contributed by atoms with Crippen LogP contribution in [0.5, 0.6) is 0 Å². The van der Waals surface area contributed by atoms with Gasteiger partial charge in [-0.2, -0.15) is 0 Å². The fraction of sp³-hybridized carbons (Fsp3) is 0.238. The summed E-state index contributed by atoms with van der Waals surface area (Å²) in [6, 6.07) is 50.9. The third kappa shape index (κ3) is 5.43. The largest absolute Gasteiger partial charge is 0.455 e. The molecular formula is C63H54BN2OS. The van der Waals surface area contributed by atoms with Gasteiger partial charge in [-0.1, -0.05) is 147 Å². The van der Waals surface area contributed by atoms with Crippen LogP contribution in [0.3, 0.4) is 0 Å². The Morgan fingerprint density at radius 2 is 1.31 bits per heavy atom. The van der Waals surface area contributed by atoms with Crippen molar-refractivity contribution in [2.45, 2.75) is 96.8 Å². The molecule has 0 bridgehead atoms. The molecule has 0 unspecified atom stereocenters. The molecule has 0 saturated heterocycles. The lowest BCUT2D eigenvalue weighted by Gasteiger charge is -2.42. The first-order chi connectivity index (χ1) is 32.6. The highest BCUT2D eigenvalue weighted by Gasteiger charge is 2.41. The zero-order valence-electron chi connectivity index (χ0n) is 40.5. The van der Waals surface area contributed by atoms with E-state index in [9.17, 15) is 0 Å². The quantitative estimate of drug-likeness (QED) is 0.179. The van der Waals surface area contributed by atoms with Crippen LogP contribution in [0.25, 0.3) is 91.9 Å². The summed E-state index contributed by atoms with van der Waals surface area (Å²) < 4.78 is 12.6. The summed E-state index contributed by atoms with van der Waals surface area (Å²) in [6.07, 6.45) is 2.31. The fourth-order valence-corrected chi connectivity index (χ4v) is 13.9. The van der Waals surface area contributed by atoms with Crippen LogP contribution in [0.15, 0.2) is 138 Å². The van der Waals surface area contributed by atoms with Gasteiger partial charge in [0.25, 0.3) is 0 Å². The van der Waals surface area contributed by atoms with Gasteiger partial charge in [-0.3, -0.25) is 0 Å². The number of aromatic nitrogens is 1. The van der Waals surface area contributed by atoms with Gasteiger partial charge in [0.05, 0.1) is 16.4 Å². The zero-order valence-corrected chi connectivity index (χ0v) is 41.3.